The van der Waals surface area contributed by atoms with E-state index >= 15 is 0 Å². The Labute approximate surface area is 108 Å². The van der Waals surface area contributed by atoms with Crippen LogP contribution in [-0.4, -0.2) is 23.1 Å². The summed E-state index contributed by atoms with van der Waals surface area (Å²) in [5, 5.41) is 0.560. The molecule has 1 fully saturated rings. The summed E-state index contributed by atoms with van der Waals surface area (Å²) in [6.07, 6.45) is 6.78. The Morgan fingerprint density at radius 1 is 1.29 bits per heavy atom. The molecule has 1 aliphatic carbocycles. The fraction of sp³-hybridized carbons (Fsp3) is 0.692. The molecule has 2 unspecified atom stereocenters. The molecule has 1 aliphatic rings. The maximum atomic E-state index is 6.06. The average molecular weight is 254 g/mol. The van der Waals surface area contributed by atoms with Crippen LogP contribution in [-0.2, 0) is 0 Å². The fourth-order valence-corrected chi connectivity index (χ4v) is 2.93. The molecule has 1 heterocycles. The molecule has 0 saturated heterocycles. The fourth-order valence-electron chi connectivity index (χ4n) is 2.80. The normalized spacial score (nSPS) is 24.7. The lowest BCUT2D eigenvalue weighted by atomic mass is 9.85. The van der Waals surface area contributed by atoms with Crippen molar-refractivity contribution in [2.75, 3.05) is 11.9 Å². The van der Waals surface area contributed by atoms with Crippen molar-refractivity contribution < 1.29 is 0 Å². The van der Waals surface area contributed by atoms with E-state index in [0.717, 1.165) is 17.3 Å². The highest BCUT2D eigenvalue weighted by Gasteiger charge is 2.26. The Kier molecular flexibility index (Phi) is 3.87. The first-order valence-electron chi connectivity index (χ1n) is 6.31. The maximum Gasteiger partial charge on any atom is 0.137 e. The van der Waals surface area contributed by atoms with Gasteiger partial charge in [0.05, 0.1) is 0 Å². The van der Waals surface area contributed by atoms with Crippen LogP contribution in [0.3, 0.4) is 0 Å². The van der Waals surface area contributed by atoms with E-state index in [0.29, 0.717) is 11.2 Å². The zero-order valence-electron chi connectivity index (χ0n) is 10.8. The highest BCUT2D eigenvalue weighted by Crippen LogP contribution is 2.31. The van der Waals surface area contributed by atoms with Crippen LogP contribution in [0.15, 0.2) is 6.33 Å². The molecule has 4 heteroatoms. The van der Waals surface area contributed by atoms with E-state index in [1.165, 1.54) is 25.7 Å². The SMILES string of the molecule is Cc1c(Cl)ncnc1N(C)C1CCCCC1C. The third-order valence-corrected chi connectivity index (χ3v) is 4.27. The van der Waals surface area contributed by atoms with Crippen LogP contribution in [0.5, 0.6) is 0 Å². The first-order chi connectivity index (χ1) is 8.11. The van der Waals surface area contributed by atoms with Gasteiger partial charge >= 0.3 is 0 Å². The van der Waals surface area contributed by atoms with Crippen molar-refractivity contribution in [1.82, 2.24) is 9.97 Å². The highest BCUT2D eigenvalue weighted by molar-refractivity contribution is 6.30. The molecule has 2 atom stereocenters. The summed E-state index contributed by atoms with van der Waals surface area (Å²) in [4.78, 5) is 10.7. The first-order valence-corrected chi connectivity index (χ1v) is 6.69. The summed E-state index contributed by atoms with van der Waals surface area (Å²) in [5.74, 6) is 1.70. The van der Waals surface area contributed by atoms with Crippen LogP contribution in [0.25, 0.3) is 0 Å². The average Bonchev–Trinajstić information content (AvgIpc) is 2.32. The van der Waals surface area contributed by atoms with Gasteiger partial charge in [-0.2, -0.15) is 0 Å². The molecule has 0 spiro atoms. The number of anilines is 1. The third-order valence-electron chi connectivity index (χ3n) is 3.89. The van der Waals surface area contributed by atoms with Crippen molar-refractivity contribution in [3.63, 3.8) is 0 Å². The van der Waals surface area contributed by atoms with Crippen molar-refractivity contribution in [2.24, 2.45) is 5.92 Å². The van der Waals surface area contributed by atoms with Crippen LogP contribution in [0, 0.1) is 12.8 Å². The molecule has 0 aliphatic heterocycles. The van der Waals surface area contributed by atoms with Crippen LogP contribution < -0.4 is 4.90 Å². The number of halogens is 1. The van der Waals surface area contributed by atoms with Gasteiger partial charge in [0.1, 0.15) is 17.3 Å². The van der Waals surface area contributed by atoms with Crippen molar-refractivity contribution >= 4 is 17.4 Å². The lowest BCUT2D eigenvalue weighted by Gasteiger charge is -2.37. The zero-order chi connectivity index (χ0) is 12.4. The summed E-state index contributed by atoms with van der Waals surface area (Å²) in [6.45, 7) is 4.32. The van der Waals surface area contributed by atoms with Crippen LogP contribution >= 0.6 is 11.6 Å². The summed E-state index contributed by atoms with van der Waals surface area (Å²) in [5.41, 5.74) is 0.981. The number of aromatic nitrogens is 2. The van der Waals surface area contributed by atoms with Gasteiger partial charge in [-0.05, 0) is 25.7 Å². The number of nitrogens with zero attached hydrogens (tertiary/aromatic N) is 3. The van der Waals surface area contributed by atoms with Crippen LogP contribution in [0.1, 0.15) is 38.2 Å². The van der Waals surface area contributed by atoms with Gasteiger partial charge in [-0.3, -0.25) is 0 Å². The number of hydrogen-bond acceptors (Lipinski definition) is 3. The Hall–Kier alpha value is -0.830. The minimum Gasteiger partial charge on any atom is -0.356 e. The molecule has 3 nitrogen and oxygen atoms in total. The third kappa shape index (κ3) is 2.54. The molecule has 94 valence electrons. The van der Waals surface area contributed by atoms with Gasteiger partial charge in [-0.15, -0.1) is 0 Å². The zero-order valence-corrected chi connectivity index (χ0v) is 11.5. The maximum absolute atomic E-state index is 6.06. The number of hydrogen-bond donors (Lipinski definition) is 0. The molecule has 2 rings (SSSR count). The second kappa shape index (κ2) is 5.21. The monoisotopic (exact) mass is 253 g/mol. The largest absolute Gasteiger partial charge is 0.356 e. The smallest absolute Gasteiger partial charge is 0.137 e. The van der Waals surface area contributed by atoms with Gasteiger partial charge in [-0.25, -0.2) is 9.97 Å². The summed E-state index contributed by atoms with van der Waals surface area (Å²) in [7, 11) is 2.12. The molecule has 1 aromatic heterocycles. The van der Waals surface area contributed by atoms with E-state index in [2.05, 4.69) is 28.8 Å². The minimum atomic E-state index is 0.560. The van der Waals surface area contributed by atoms with Crippen molar-refractivity contribution in [3.05, 3.63) is 17.0 Å². The van der Waals surface area contributed by atoms with Gasteiger partial charge in [0.2, 0.25) is 0 Å². The van der Waals surface area contributed by atoms with Gasteiger partial charge in [0.25, 0.3) is 0 Å². The molecular weight excluding hydrogens is 234 g/mol. The standard InChI is InChI=1S/C13H20ClN3/c1-9-6-4-5-7-11(9)17(3)13-10(2)12(14)15-8-16-13/h8-9,11H,4-7H2,1-3H3. The highest BCUT2D eigenvalue weighted by atomic mass is 35.5. The Morgan fingerprint density at radius 3 is 2.71 bits per heavy atom. The van der Waals surface area contributed by atoms with E-state index in [-0.39, 0.29) is 0 Å². The Balaban J connectivity index is 2.23. The number of rotatable bonds is 2. The van der Waals surface area contributed by atoms with E-state index < -0.39 is 0 Å². The summed E-state index contributed by atoms with van der Waals surface area (Å²) >= 11 is 6.06. The molecule has 1 saturated carbocycles. The molecule has 0 amide bonds. The van der Waals surface area contributed by atoms with Crippen molar-refractivity contribution in [2.45, 2.75) is 45.6 Å². The second-order valence-corrected chi connectivity index (χ2v) is 5.41. The summed E-state index contributed by atoms with van der Waals surface area (Å²) < 4.78 is 0. The van der Waals surface area contributed by atoms with Crippen LogP contribution in [0.4, 0.5) is 5.82 Å². The predicted molar refractivity (Wildman–Crippen MR) is 71.6 cm³/mol. The molecule has 0 N–H and O–H groups in total. The minimum absolute atomic E-state index is 0.560. The van der Waals surface area contributed by atoms with Gasteiger partial charge < -0.3 is 4.90 Å². The van der Waals surface area contributed by atoms with Crippen LogP contribution in [0.2, 0.25) is 5.15 Å². The second-order valence-electron chi connectivity index (χ2n) is 5.05. The molecule has 17 heavy (non-hydrogen) atoms. The van der Waals surface area contributed by atoms with Crippen molar-refractivity contribution in [1.29, 1.82) is 0 Å². The quantitative estimate of drug-likeness (QED) is 0.756. The summed E-state index contributed by atoms with van der Waals surface area (Å²) in [6, 6.07) is 0.577. The lowest BCUT2D eigenvalue weighted by molar-refractivity contribution is 0.320. The molecule has 0 bridgehead atoms. The van der Waals surface area contributed by atoms with E-state index in [9.17, 15) is 0 Å². The van der Waals surface area contributed by atoms with E-state index in [1.807, 2.05) is 6.92 Å². The predicted octanol–water partition coefficient (Wildman–Crippen LogP) is 3.45. The Morgan fingerprint density at radius 2 is 2.00 bits per heavy atom. The lowest BCUT2D eigenvalue weighted by Crippen LogP contribution is -2.39. The van der Waals surface area contributed by atoms with E-state index in [1.54, 1.807) is 6.33 Å². The topological polar surface area (TPSA) is 29.0 Å². The van der Waals surface area contributed by atoms with Crippen molar-refractivity contribution in [3.8, 4) is 0 Å². The molecule has 0 aromatic carbocycles. The Bertz CT molecular complexity index is 394. The van der Waals surface area contributed by atoms with Gasteiger partial charge in [0.15, 0.2) is 0 Å². The molecular formula is C13H20ClN3. The van der Waals surface area contributed by atoms with Gasteiger partial charge in [0, 0.05) is 18.7 Å². The van der Waals surface area contributed by atoms with Gasteiger partial charge in [-0.1, -0.05) is 31.4 Å². The molecule has 1 aromatic rings. The van der Waals surface area contributed by atoms with E-state index in [4.69, 9.17) is 11.6 Å². The first kappa shape index (κ1) is 12.6. The molecule has 0 radical (unpaired) electrons.